The average molecular weight is 338 g/mol. The summed E-state index contributed by atoms with van der Waals surface area (Å²) < 4.78 is 5.70. The molecule has 2 aromatic carbocycles. The van der Waals surface area contributed by atoms with Crippen molar-refractivity contribution in [3.63, 3.8) is 0 Å². The van der Waals surface area contributed by atoms with E-state index in [1.165, 1.54) is 37.7 Å². The van der Waals surface area contributed by atoms with E-state index in [9.17, 15) is 4.79 Å². The van der Waals surface area contributed by atoms with Crippen LogP contribution in [0.25, 0.3) is 0 Å². The number of benzene rings is 2. The van der Waals surface area contributed by atoms with Crippen LogP contribution >= 0.6 is 0 Å². The Hall–Kier alpha value is -2.09. The third-order valence-corrected chi connectivity index (χ3v) is 4.55. The second-order valence-electron chi connectivity index (χ2n) is 6.57. The van der Waals surface area contributed by atoms with Crippen LogP contribution in [0.2, 0.25) is 0 Å². The predicted molar refractivity (Wildman–Crippen MR) is 104 cm³/mol. The molecule has 0 bridgehead atoms. The van der Waals surface area contributed by atoms with Crippen LogP contribution in [0.5, 0.6) is 0 Å². The summed E-state index contributed by atoms with van der Waals surface area (Å²) in [7, 11) is 0. The molecule has 0 radical (unpaired) electrons. The molecule has 2 rings (SSSR count). The van der Waals surface area contributed by atoms with E-state index < -0.39 is 0 Å². The first kappa shape index (κ1) is 19.2. The third-order valence-electron chi connectivity index (χ3n) is 4.55. The van der Waals surface area contributed by atoms with Gasteiger partial charge in [-0.1, -0.05) is 82.0 Å². The molecular formula is C23H30O2. The maximum absolute atomic E-state index is 12.4. The standard InChI is InChI=1S/C23H30O2/c1-3-5-6-7-9-12-19-15-17-21(18-16-19)23(24)25-22(4-2)20-13-10-8-11-14-20/h8,10-11,13-18,22H,3-7,9,12H2,1-2H3. The Kier molecular flexibility index (Phi) is 8.24. The highest BCUT2D eigenvalue weighted by atomic mass is 16.5. The summed E-state index contributed by atoms with van der Waals surface area (Å²) in [6, 6.07) is 17.8. The van der Waals surface area contributed by atoms with Crippen LogP contribution < -0.4 is 0 Å². The zero-order valence-corrected chi connectivity index (χ0v) is 15.5. The van der Waals surface area contributed by atoms with E-state index in [2.05, 4.69) is 19.1 Å². The van der Waals surface area contributed by atoms with E-state index in [-0.39, 0.29) is 12.1 Å². The molecule has 2 aromatic rings. The van der Waals surface area contributed by atoms with Gasteiger partial charge in [0.2, 0.25) is 0 Å². The number of unbranched alkanes of at least 4 members (excludes halogenated alkanes) is 4. The fourth-order valence-corrected chi connectivity index (χ4v) is 2.99. The van der Waals surface area contributed by atoms with Crippen molar-refractivity contribution < 1.29 is 9.53 Å². The van der Waals surface area contributed by atoms with E-state index >= 15 is 0 Å². The van der Waals surface area contributed by atoms with Crippen molar-refractivity contribution >= 4 is 5.97 Å². The highest BCUT2D eigenvalue weighted by Crippen LogP contribution is 2.22. The number of carbonyl (C=O) groups is 1. The molecule has 0 N–H and O–H groups in total. The van der Waals surface area contributed by atoms with Gasteiger partial charge in [-0.15, -0.1) is 0 Å². The van der Waals surface area contributed by atoms with Crippen LogP contribution in [0.3, 0.4) is 0 Å². The number of aryl methyl sites for hydroxylation is 1. The predicted octanol–water partition coefficient (Wildman–Crippen LogP) is 6.51. The minimum atomic E-state index is -0.245. The Morgan fingerprint density at radius 2 is 1.56 bits per heavy atom. The lowest BCUT2D eigenvalue weighted by molar-refractivity contribution is 0.0288. The normalized spacial score (nSPS) is 11.9. The lowest BCUT2D eigenvalue weighted by Crippen LogP contribution is -2.11. The molecule has 134 valence electrons. The zero-order chi connectivity index (χ0) is 17.9. The van der Waals surface area contributed by atoms with Crippen LogP contribution in [0.4, 0.5) is 0 Å². The second-order valence-corrected chi connectivity index (χ2v) is 6.57. The average Bonchev–Trinajstić information content (AvgIpc) is 2.67. The van der Waals surface area contributed by atoms with Crippen molar-refractivity contribution in [3.05, 3.63) is 71.3 Å². The molecule has 0 saturated heterocycles. The number of ether oxygens (including phenoxy) is 1. The minimum Gasteiger partial charge on any atom is -0.454 e. The molecule has 1 atom stereocenters. The van der Waals surface area contributed by atoms with Gasteiger partial charge in [0.15, 0.2) is 0 Å². The Morgan fingerprint density at radius 1 is 0.880 bits per heavy atom. The number of hydrogen-bond donors (Lipinski definition) is 0. The lowest BCUT2D eigenvalue weighted by atomic mass is 10.0. The molecule has 0 amide bonds. The maximum Gasteiger partial charge on any atom is 0.338 e. The lowest BCUT2D eigenvalue weighted by Gasteiger charge is -2.16. The van der Waals surface area contributed by atoms with E-state index in [0.29, 0.717) is 5.56 Å². The van der Waals surface area contributed by atoms with Gasteiger partial charge in [-0.05, 0) is 42.5 Å². The monoisotopic (exact) mass is 338 g/mol. The van der Waals surface area contributed by atoms with Gasteiger partial charge in [-0.2, -0.15) is 0 Å². The molecule has 2 nitrogen and oxygen atoms in total. The quantitative estimate of drug-likeness (QED) is 0.365. The van der Waals surface area contributed by atoms with Gasteiger partial charge in [0.05, 0.1) is 5.56 Å². The first-order valence-corrected chi connectivity index (χ1v) is 9.59. The van der Waals surface area contributed by atoms with Crippen molar-refractivity contribution in [2.45, 2.75) is 64.9 Å². The zero-order valence-electron chi connectivity index (χ0n) is 15.5. The van der Waals surface area contributed by atoms with Gasteiger partial charge in [0.25, 0.3) is 0 Å². The molecular weight excluding hydrogens is 308 g/mol. The highest BCUT2D eigenvalue weighted by Gasteiger charge is 2.16. The maximum atomic E-state index is 12.4. The first-order chi connectivity index (χ1) is 12.2. The van der Waals surface area contributed by atoms with E-state index in [4.69, 9.17) is 4.74 Å². The van der Waals surface area contributed by atoms with Gasteiger partial charge in [0, 0.05) is 0 Å². The molecule has 0 aliphatic heterocycles. The molecule has 25 heavy (non-hydrogen) atoms. The summed E-state index contributed by atoms with van der Waals surface area (Å²) in [6.45, 7) is 4.27. The van der Waals surface area contributed by atoms with Crippen molar-refractivity contribution in [2.24, 2.45) is 0 Å². The van der Waals surface area contributed by atoms with Crippen molar-refractivity contribution in [3.8, 4) is 0 Å². The minimum absolute atomic E-state index is 0.188. The molecule has 0 saturated carbocycles. The SMILES string of the molecule is CCCCCCCc1ccc(C(=O)OC(CC)c2ccccc2)cc1. The summed E-state index contributed by atoms with van der Waals surface area (Å²) >= 11 is 0. The van der Waals surface area contributed by atoms with Gasteiger partial charge in [-0.25, -0.2) is 4.79 Å². The second kappa shape index (κ2) is 10.7. The number of rotatable bonds is 10. The van der Waals surface area contributed by atoms with E-state index in [1.807, 2.05) is 49.4 Å². The van der Waals surface area contributed by atoms with Crippen LogP contribution in [0, 0.1) is 0 Å². The van der Waals surface area contributed by atoms with Crippen LogP contribution in [0.15, 0.2) is 54.6 Å². The number of esters is 1. The molecule has 0 spiro atoms. The van der Waals surface area contributed by atoms with Gasteiger partial charge in [0.1, 0.15) is 6.10 Å². The van der Waals surface area contributed by atoms with Crippen LogP contribution in [-0.2, 0) is 11.2 Å². The molecule has 0 heterocycles. The van der Waals surface area contributed by atoms with Crippen LogP contribution in [0.1, 0.15) is 80.0 Å². The van der Waals surface area contributed by atoms with E-state index in [0.717, 1.165) is 18.4 Å². The Morgan fingerprint density at radius 3 is 2.20 bits per heavy atom. The number of hydrogen-bond acceptors (Lipinski definition) is 2. The molecule has 0 aliphatic rings. The Balaban J connectivity index is 1.87. The topological polar surface area (TPSA) is 26.3 Å². The van der Waals surface area contributed by atoms with E-state index in [1.54, 1.807) is 0 Å². The first-order valence-electron chi connectivity index (χ1n) is 9.59. The smallest absolute Gasteiger partial charge is 0.338 e. The summed E-state index contributed by atoms with van der Waals surface area (Å²) in [6.07, 6.45) is 8.09. The molecule has 1 unspecified atom stereocenters. The molecule has 0 aliphatic carbocycles. The summed E-state index contributed by atoms with van der Waals surface area (Å²) in [5.74, 6) is -0.245. The summed E-state index contributed by atoms with van der Waals surface area (Å²) in [5.41, 5.74) is 2.97. The van der Waals surface area contributed by atoms with Crippen molar-refractivity contribution in [1.82, 2.24) is 0 Å². The number of carbonyl (C=O) groups excluding carboxylic acids is 1. The Bertz CT molecular complexity index is 616. The van der Waals surface area contributed by atoms with Crippen molar-refractivity contribution in [2.75, 3.05) is 0 Å². The fraction of sp³-hybridized carbons (Fsp3) is 0.435. The largest absolute Gasteiger partial charge is 0.454 e. The third kappa shape index (κ3) is 6.38. The van der Waals surface area contributed by atoms with Gasteiger partial charge in [-0.3, -0.25) is 0 Å². The summed E-state index contributed by atoms with van der Waals surface area (Å²) in [5, 5.41) is 0. The molecule has 2 heteroatoms. The van der Waals surface area contributed by atoms with Gasteiger partial charge < -0.3 is 4.74 Å². The highest BCUT2D eigenvalue weighted by molar-refractivity contribution is 5.89. The van der Waals surface area contributed by atoms with Gasteiger partial charge >= 0.3 is 5.97 Å². The summed E-state index contributed by atoms with van der Waals surface area (Å²) in [4.78, 5) is 12.4. The molecule has 0 fully saturated rings. The Labute approximate surface area is 152 Å². The molecule has 0 aromatic heterocycles. The van der Waals surface area contributed by atoms with Crippen LogP contribution in [-0.4, -0.2) is 5.97 Å². The fourth-order valence-electron chi connectivity index (χ4n) is 2.99. The van der Waals surface area contributed by atoms with Crippen molar-refractivity contribution in [1.29, 1.82) is 0 Å².